The van der Waals surface area contributed by atoms with Gasteiger partial charge in [-0.1, -0.05) is 97.1 Å². The van der Waals surface area contributed by atoms with Crippen molar-refractivity contribution < 1.29 is 0 Å². The van der Waals surface area contributed by atoms with Gasteiger partial charge in [-0.05, 0) is 76.5 Å². The fourth-order valence-electron chi connectivity index (χ4n) is 4.61. The first kappa shape index (κ1) is 21.7. The van der Waals surface area contributed by atoms with E-state index in [9.17, 15) is 0 Å². The molecule has 2 heteroatoms. The summed E-state index contributed by atoms with van der Waals surface area (Å²) in [7, 11) is 0. The van der Waals surface area contributed by atoms with Crippen LogP contribution in [0.25, 0.3) is 21.9 Å². The number of fused-ring (bicyclic) bond motifs is 1. The molecule has 0 radical (unpaired) electrons. The van der Waals surface area contributed by atoms with Gasteiger partial charge in [0.25, 0.3) is 0 Å². The standard InChI is InChI=1S/C34H26N2/c1-3-10-26(11-4-1)28-19-22-33(23-20-28)36(32-15-5-2-6-16-32)34-17-9-14-30(25-34)35-31-21-18-27-12-7-8-13-29(27)24-31/h1-25,35H. The molecule has 0 heterocycles. The third kappa shape index (κ3) is 4.57. The van der Waals surface area contributed by atoms with E-state index in [1.54, 1.807) is 0 Å². The molecule has 0 amide bonds. The van der Waals surface area contributed by atoms with Gasteiger partial charge in [-0.2, -0.15) is 0 Å². The van der Waals surface area contributed by atoms with Crippen molar-refractivity contribution in [3.63, 3.8) is 0 Å². The van der Waals surface area contributed by atoms with E-state index in [0.717, 1.165) is 28.4 Å². The van der Waals surface area contributed by atoms with Crippen LogP contribution in [0.4, 0.5) is 28.4 Å². The monoisotopic (exact) mass is 462 g/mol. The number of nitrogens with one attached hydrogen (secondary N) is 1. The summed E-state index contributed by atoms with van der Waals surface area (Å²) in [5.74, 6) is 0. The van der Waals surface area contributed by atoms with E-state index in [1.165, 1.54) is 21.9 Å². The molecule has 6 rings (SSSR count). The molecule has 0 bridgehead atoms. The third-order valence-electron chi connectivity index (χ3n) is 6.39. The summed E-state index contributed by atoms with van der Waals surface area (Å²) in [6.07, 6.45) is 0. The summed E-state index contributed by atoms with van der Waals surface area (Å²) in [5.41, 5.74) is 7.88. The maximum atomic E-state index is 3.60. The van der Waals surface area contributed by atoms with Crippen molar-refractivity contribution in [1.29, 1.82) is 0 Å². The summed E-state index contributed by atoms with van der Waals surface area (Å²) in [5, 5.41) is 6.06. The molecule has 0 aliphatic carbocycles. The zero-order valence-corrected chi connectivity index (χ0v) is 19.9. The molecule has 0 aromatic heterocycles. The predicted octanol–water partition coefficient (Wildman–Crippen LogP) is 9.72. The minimum atomic E-state index is 1.05. The summed E-state index contributed by atoms with van der Waals surface area (Å²) >= 11 is 0. The molecule has 1 N–H and O–H groups in total. The molecule has 2 nitrogen and oxygen atoms in total. The van der Waals surface area contributed by atoms with Crippen LogP contribution in [0.5, 0.6) is 0 Å². The van der Waals surface area contributed by atoms with Gasteiger partial charge in [-0.15, -0.1) is 0 Å². The lowest BCUT2D eigenvalue weighted by Crippen LogP contribution is -2.10. The average molecular weight is 463 g/mol. The van der Waals surface area contributed by atoms with Crippen LogP contribution in [-0.2, 0) is 0 Å². The van der Waals surface area contributed by atoms with Crippen molar-refractivity contribution in [2.45, 2.75) is 0 Å². The number of para-hydroxylation sites is 1. The highest BCUT2D eigenvalue weighted by Gasteiger charge is 2.13. The van der Waals surface area contributed by atoms with Crippen LogP contribution in [-0.4, -0.2) is 0 Å². The van der Waals surface area contributed by atoms with E-state index in [0.29, 0.717) is 0 Å². The second kappa shape index (κ2) is 9.81. The Bertz CT molecular complexity index is 1590. The van der Waals surface area contributed by atoms with Crippen molar-refractivity contribution >= 4 is 39.2 Å². The fourth-order valence-corrected chi connectivity index (χ4v) is 4.61. The third-order valence-corrected chi connectivity index (χ3v) is 6.39. The van der Waals surface area contributed by atoms with Crippen molar-refractivity contribution in [2.24, 2.45) is 0 Å². The smallest absolute Gasteiger partial charge is 0.0482 e. The number of rotatable bonds is 6. The Balaban J connectivity index is 1.35. The van der Waals surface area contributed by atoms with Gasteiger partial charge in [-0.25, -0.2) is 0 Å². The molecule has 0 aliphatic heterocycles. The van der Waals surface area contributed by atoms with Crippen molar-refractivity contribution in [3.8, 4) is 11.1 Å². The SMILES string of the molecule is c1ccc(-c2ccc(N(c3ccccc3)c3cccc(Nc4ccc5ccccc5c4)c3)cc2)cc1. The molecule has 0 aliphatic rings. The first-order valence-electron chi connectivity index (χ1n) is 12.2. The lowest BCUT2D eigenvalue weighted by atomic mass is 10.0. The Morgan fingerprint density at radius 1 is 0.361 bits per heavy atom. The molecular formula is C34H26N2. The van der Waals surface area contributed by atoms with E-state index < -0.39 is 0 Å². The zero-order valence-electron chi connectivity index (χ0n) is 19.9. The Labute approximate surface area is 212 Å². The van der Waals surface area contributed by atoms with Crippen LogP contribution in [0.15, 0.2) is 152 Å². The first-order valence-corrected chi connectivity index (χ1v) is 12.2. The highest BCUT2D eigenvalue weighted by atomic mass is 15.1. The normalized spacial score (nSPS) is 10.8. The van der Waals surface area contributed by atoms with Crippen molar-refractivity contribution in [3.05, 3.63) is 152 Å². The van der Waals surface area contributed by atoms with Crippen molar-refractivity contribution in [2.75, 3.05) is 10.2 Å². The zero-order chi connectivity index (χ0) is 24.2. The Kier molecular flexibility index (Phi) is 5.91. The quantitative estimate of drug-likeness (QED) is 0.265. The molecular weight excluding hydrogens is 436 g/mol. The predicted molar refractivity (Wildman–Crippen MR) is 154 cm³/mol. The van der Waals surface area contributed by atoms with Gasteiger partial charge < -0.3 is 10.2 Å². The molecule has 36 heavy (non-hydrogen) atoms. The molecule has 0 fully saturated rings. The second-order valence-electron chi connectivity index (χ2n) is 8.82. The van der Waals surface area contributed by atoms with Gasteiger partial charge in [0, 0.05) is 28.4 Å². The average Bonchev–Trinajstić information content (AvgIpc) is 2.95. The van der Waals surface area contributed by atoms with Gasteiger partial charge in [0.1, 0.15) is 0 Å². The van der Waals surface area contributed by atoms with Crippen LogP contribution in [0.2, 0.25) is 0 Å². The number of anilines is 5. The maximum Gasteiger partial charge on any atom is 0.0482 e. The molecule has 0 saturated carbocycles. The van der Waals surface area contributed by atoms with E-state index in [-0.39, 0.29) is 0 Å². The van der Waals surface area contributed by atoms with Gasteiger partial charge in [0.05, 0.1) is 0 Å². The lowest BCUT2D eigenvalue weighted by Gasteiger charge is -2.26. The molecule has 6 aromatic rings. The molecule has 6 aromatic carbocycles. The summed E-state index contributed by atoms with van der Waals surface area (Å²) in [4.78, 5) is 2.29. The topological polar surface area (TPSA) is 15.3 Å². The Hall–Kier alpha value is -4.82. The summed E-state index contributed by atoms with van der Waals surface area (Å²) in [6, 6.07) is 53.3. The summed E-state index contributed by atoms with van der Waals surface area (Å²) in [6.45, 7) is 0. The molecule has 0 spiro atoms. The minimum absolute atomic E-state index is 1.05. The van der Waals surface area contributed by atoms with Gasteiger partial charge in [0.15, 0.2) is 0 Å². The van der Waals surface area contributed by atoms with E-state index in [2.05, 4.69) is 156 Å². The van der Waals surface area contributed by atoms with Crippen LogP contribution in [0, 0.1) is 0 Å². The largest absolute Gasteiger partial charge is 0.355 e. The Morgan fingerprint density at radius 2 is 0.944 bits per heavy atom. The van der Waals surface area contributed by atoms with Crippen molar-refractivity contribution in [1.82, 2.24) is 0 Å². The first-order chi connectivity index (χ1) is 17.8. The fraction of sp³-hybridized carbons (Fsp3) is 0. The molecule has 0 unspecified atom stereocenters. The molecule has 0 atom stereocenters. The highest BCUT2D eigenvalue weighted by molar-refractivity contribution is 5.87. The summed E-state index contributed by atoms with van der Waals surface area (Å²) < 4.78 is 0. The van der Waals surface area contributed by atoms with Crippen LogP contribution in [0.1, 0.15) is 0 Å². The van der Waals surface area contributed by atoms with E-state index in [4.69, 9.17) is 0 Å². The molecule has 0 saturated heterocycles. The second-order valence-corrected chi connectivity index (χ2v) is 8.82. The molecule has 172 valence electrons. The number of nitrogens with zero attached hydrogens (tertiary/aromatic N) is 1. The number of benzene rings is 6. The number of hydrogen-bond acceptors (Lipinski definition) is 2. The van der Waals surface area contributed by atoms with Crippen LogP contribution < -0.4 is 10.2 Å². The highest BCUT2D eigenvalue weighted by Crippen LogP contribution is 2.37. The minimum Gasteiger partial charge on any atom is -0.355 e. The van der Waals surface area contributed by atoms with Gasteiger partial charge >= 0.3 is 0 Å². The lowest BCUT2D eigenvalue weighted by molar-refractivity contribution is 1.28. The van der Waals surface area contributed by atoms with Crippen LogP contribution >= 0.6 is 0 Å². The van der Waals surface area contributed by atoms with Gasteiger partial charge in [0.2, 0.25) is 0 Å². The van der Waals surface area contributed by atoms with E-state index in [1.807, 2.05) is 6.07 Å². The Morgan fingerprint density at radius 3 is 1.72 bits per heavy atom. The van der Waals surface area contributed by atoms with E-state index >= 15 is 0 Å². The maximum absolute atomic E-state index is 3.60. The van der Waals surface area contributed by atoms with Gasteiger partial charge in [-0.3, -0.25) is 0 Å². The number of hydrogen-bond donors (Lipinski definition) is 1. The van der Waals surface area contributed by atoms with Crippen LogP contribution in [0.3, 0.4) is 0 Å².